The van der Waals surface area contributed by atoms with E-state index in [0.717, 1.165) is 85.5 Å². The molecule has 7 heteroatoms. The summed E-state index contributed by atoms with van der Waals surface area (Å²) in [6.45, 7) is 14.5. The largest absolute Gasteiger partial charge is 0.511 e. The van der Waals surface area contributed by atoms with Crippen molar-refractivity contribution < 1.29 is 15.0 Å². The number of nitrogens with zero attached hydrogens (tertiary/aromatic N) is 3. The van der Waals surface area contributed by atoms with Crippen LogP contribution in [0.1, 0.15) is 60.3 Å². The van der Waals surface area contributed by atoms with E-state index >= 15 is 0 Å². The summed E-state index contributed by atoms with van der Waals surface area (Å²) in [5, 5.41) is 24.3. The van der Waals surface area contributed by atoms with Crippen molar-refractivity contribution in [2.45, 2.75) is 60.3 Å². The van der Waals surface area contributed by atoms with E-state index in [9.17, 15) is 15.0 Å². The summed E-state index contributed by atoms with van der Waals surface area (Å²) in [5.74, 6) is -0.530. The van der Waals surface area contributed by atoms with Crippen molar-refractivity contribution in [3.05, 3.63) is 104 Å². The van der Waals surface area contributed by atoms with Crippen LogP contribution in [0.2, 0.25) is 0 Å². The van der Waals surface area contributed by atoms with Gasteiger partial charge >= 0.3 is 5.97 Å². The average Bonchev–Trinajstić information content (AvgIpc) is 3.65. The van der Waals surface area contributed by atoms with Crippen LogP contribution in [0.4, 0.5) is 0 Å². The summed E-state index contributed by atoms with van der Waals surface area (Å²) in [4.78, 5) is 26.7. The first-order valence-electron chi connectivity index (χ1n) is 13.9. The molecule has 5 aliphatic heterocycles. The molecule has 5 heterocycles. The minimum absolute atomic E-state index is 0.0368. The number of aliphatic carboxylic acids is 1. The Morgan fingerprint density at radius 2 is 1.80 bits per heavy atom. The number of hydrogen-bond donors (Lipinski definition) is 3. The number of aliphatic imine (C=N–C) groups is 3. The Bertz CT molecular complexity index is 1660. The number of carboxylic acid groups (broad SMARTS) is 1. The van der Waals surface area contributed by atoms with E-state index in [-0.39, 0.29) is 18.3 Å². The molecule has 6 aliphatic rings. The number of aliphatic hydroxyl groups excluding tert-OH is 1. The van der Waals surface area contributed by atoms with Gasteiger partial charge in [0.2, 0.25) is 0 Å². The van der Waals surface area contributed by atoms with Crippen LogP contribution in [0.15, 0.2) is 119 Å². The monoisotopic (exact) mass is 534 g/mol. The molecule has 2 atom stereocenters. The number of rotatable bonds is 5. The maximum atomic E-state index is 11.6. The highest BCUT2D eigenvalue weighted by Crippen LogP contribution is 2.46. The predicted octanol–water partition coefficient (Wildman–Crippen LogP) is 6.71. The Morgan fingerprint density at radius 1 is 1.07 bits per heavy atom. The molecule has 204 valence electrons. The topological polar surface area (TPSA) is 107 Å². The van der Waals surface area contributed by atoms with E-state index in [1.54, 1.807) is 0 Å². The molecule has 0 aromatic heterocycles. The zero-order valence-corrected chi connectivity index (χ0v) is 23.6. The van der Waals surface area contributed by atoms with E-state index in [1.165, 1.54) is 5.57 Å². The SMILES string of the molecule is C=CC1=C(C)C2=NC1=CC1=NC(=CC3=C(C)C4=C(O)CC(=C5NC(=C2)C(C)C5CCC(=O)O)C4=N3)C(CC)=C1C. The Kier molecular flexibility index (Phi) is 6.13. The first kappa shape index (κ1) is 26.0. The summed E-state index contributed by atoms with van der Waals surface area (Å²) in [7, 11) is 0. The molecular weight excluding hydrogens is 500 g/mol. The van der Waals surface area contributed by atoms with Crippen LogP contribution in [0.25, 0.3) is 0 Å². The van der Waals surface area contributed by atoms with Gasteiger partial charge in [-0.25, -0.2) is 15.0 Å². The molecule has 0 saturated carbocycles. The molecule has 0 aromatic carbocycles. The second-order valence-electron chi connectivity index (χ2n) is 11.2. The van der Waals surface area contributed by atoms with Gasteiger partial charge in [0.05, 0.1) is 34.2 Å². The van der Waals surface area contributed by atoms with Gasteiger partial charge in [0, 0.05) is 52.8 Å². The quantitative estimate of drug-likeness (QED) is 0.364. The molecule has 3 N–H and O–H groups in total. The molecule has 8 bridgehead atoms. The van der Waals surface area contributed by atoms with E-state index in [0.29, 0.717) is 18.6 Å². The lowest BCUT2D eigenvalue weighted by Gasteiger charge is -2.17. The number of carboxylic acids is 1. The Morgan fingerprint density at radius 3 is 2.50 bits per heavy atom. The van der Waals surface area contributed by atoms with Crippen LogP contribution in [0.5, 0.6) is 0 Å². The zero-order valence-electron chi connectivity index (χ0n) is 23.6. The van der Waals surface area contributed by atoms with E-state index < -0.39 is 5.97 Å². The van der Waals surface area contributed by atoms with Crippen LogP contribution in [-0.4, -0.2) is 33.3 Å². The van der Waals surface area contributed by atoms with Gasteiger partial charge in [-0.3, -0.25) is 4.79 Å². The van der Waals surface area contributed by atoms with Crippen molar-refractivity contribution in [2.75, 3.05) is 0 Å². The fourth-order valence-electron chi connectivity index (χ4n) is 6.66. The molecule has 0 aromatic rings. The highest BCUT2D eigenvalue weighted by atomic mass is 16.4. The van der Waals surface area contributed by atoms with Crippen molar-refractivity contribution in [3.63, 3.8) is 0 Å². The molecule has 2 unspecified atom stereocenters. The van der Waals surface area contributed by atoms with Gasteiger partial charge < -0.3 is 15.5 Å². The van der Waals surface area contributed by atoms with Crippen molar-refractivity contribution >= 4 is 23.1 Å². The normalized spacial score (nSPS) is 25.3. The van der Waals surface area contributed by atoms with Crippen LogP contribution in [-0.2, 0) is 4.79 Å². The van der Waals surface area contributed by atoms with E-state index in [2.05, 4.69) is 45.7 Å². The molecule has 0 spiro atoms. The third-order valence-electron chi connectivity index (χ3n) is 8.97. The average molecular weight is 535 g/mol. The van der Waals surface area contributed by atoms with Crippen molar-refractivity contribution in [3.8, 4) is 0 Å². The van der Waals surface area contributed by atoms with Gasteiger partial charge in [0.1, 0.15) is 5.76 Å². The maximum absolute atomic E-state index is 11.6. The Balaban J connectivity index is 1.62. The highest BCUT2D eigenvalue weighted by Gasteiger charge is 2.41. The van der Waals surface area contributed by atoms with Crippen molar-refractivity contribution in [2.24, 2.45) is 26.8 Å². The lowest BCUT2D eigenvalue weighted by molar-refractivity contribution is -0.137. The molecular formula is C33H34N4O3. The molecule has 40 heavy (non-hydrogen) atoms. The molecule has 7 nitrogen and oxygen atoms in total. The molecule has 1 aliphatic carbocycles. The molecule has 1 fully saturated rings. The Labute approximate surface area is 234 Å². The zero-order chi connectivity index (χ0) is 28.5. The minimum Gasteiger partial charge on any atom is -0.511 e. The van der Waals surface area contributed by atoms with Crippen LogP contribution in [0.3, 0.4) is 0 Å². The predicted molar refractivity (Wildman–Crippen MR) is 159 cm³/mol. The number of allylic oxidation sites excluding steroid dienone is 12. The first-order chi connectivity index (χ1) is 19.1. The third kappa shape index (κ3) is 3.86. The molecule has 6 rings (SSSR count). The summed E-state index contributed by atoms with van der Waals surface area (Å²) >= 11 is 0. The molecule has 0 amide bonds. The van der Waals surface area contributed by atoms with Crippen LogP contribution >= 0.6 is 0 Å². The second kappa shape index (κ2) is 9.44. The van der Waals surface area contributed by atoms with E-state index in [1.807, 2.05) is 25.2 Å². The lowest BCUT2D eigenvalue weighted by atomic mass is 9.86. The summed E-state index contributed by atoms with van der Waals surface area (Å²) in [5.41, 5.74) is 13.9. The Hall–Kier alpha value is -4.26. The van der Waals surface area contributed by atoms with Crippen molar-refractivity contribution in [1.29, 1.82) is 0 Å². The minimum atomic E-state index is -0.819. The van der Waals surface area contributed by atoms with Crippen LogP contribution < -0.4 is 5.32 Å². The smallest absolute Gasteiger partial charge is 0.303 e. The first-order valence-corrected chi connectivity index (χ1v) is 13.9. The van der Waals surface area contributed by atoms with Gasteiger partial charge in [-0.15, -0.1) is 0 Å². The molecule has 0 radical (unpaired) electrons. The fraction of sp³-hybridized carbons (Fsp3) is 0.333. The standard InChI is InChI=1S/C33H34N4O3/c1-7-19-15(3)23-12-25-17(5)21(9-10-30(39)40)32(36-25)22-11-29(38)31-18(6)26(37-33(22)31)14-28-20(8-2)16(4)24(35-28)13-27(19)34-23/h7,12-14,17,21,36,38H,1,8-11H2,2-6H3,(H,39,40). The number of aliphatic hydroxyl groups is 1. The van der Waals surface area contributed by atoms with Crippen molar-refractivity contribution in [1.82, 2.24) is 5.32 Å². The number of nitrogens with one attached hydrogen (secondary N) is 1. The van der Waals surface area contributed by atoms with Crippen LogP contribution in [0, 0.1) is 11.8 Å². The third-order valence-corrected chi connectivity index (χ3v) is 8.97. The summed E-state index contributed by atoms with van der Waals surface area (Å²) < 4.78 is 0. The van der Waals surface area contributed by atoms with Gasteiger partial charge in [0.15, 0.2) is 0 Å². The highest BCUT2D eigenvalue weighted by molar-refractivity contribution is 6.21. The van der Waals surface area contributed by atoms with E-state index in [4.69, 9.17) is 15.0 Å². The van der Waals surface area contributed by atoms with Gasteiger partial charge in [0.25, 0.3) is 0 Å². The fourth-order valence-corrected chi connectivity index (χ4v) is 6.66. The number of fused-ring (bicyclic) bond motifs is 5. The maximum Gasteiger partial charge on any atom is 0.303 e. The summed E-state index contributed by atoms with van der Waals surface area (Å²) in [6.07, 6.45) is 9.74. The summed E-state index contributed by atoms with van der Waals surface area (Å²) in [6, 6.07) is 0. The number of carbonyl (C=O) groups is 1. The lowest BCUT2D eigenvalue weighted by Crippen LogP contribution is -2.15. The molecule has 1 saturated heterocycles. The van der Waals surface area contributed by atoms with Gasteiger partial charge in [-0.1, -0.05) is 26.5 Å². The van der Waals surface area contributed by atoms with Gasteiger partial charge in [-0.2, -0.15) is 0 Å². The van der Waals surface area contributed by atoms with Gasteiger partial charge in [-0.05, 0) is 74.1 Å². The second-order valence-corrected chi connectivity index (χ2v) is 11.2. The number of hydrogen-bond acceptors (Lipinski definition) is 6.